The van der Waals surface area contributed by atoms with Crippen molar-refractivity contribution < 1.29 is 10.2 Å². The Hall–Kier alpha value is -1.81. The summed E-state index contributed by atoms with van der Waals surface area (Å²) >= 11 is 0. The van der Waals surface area contributed by atoms with E-state index in [2.05, 4.69) is 28.7 Å². The number of nitrogens with zero attached hydrogens (tertiary/aromatic N) is 1. The minimum Gasteiger partial charge on any atom is -0.395 e. The third kappa shape index (κ3) is 4.61. The maximum atomic E-state index is 8.58. The minimum atomic E-state index is 0.0659. The van der Waals surface area contributed by atoms with Crippen molar-refractivity contribution in [1.29, 1.82) is 0 Å². The summed E-state index contributed by atoms with van der Waals surface area (Å²) in [5.41, 5.74) is 1.56. The highest BCUT2D eigenvalue weighted by Crippen LogP contribution is 1.99. The van der Waals surface area contributed by atoms with Gasteiger partial charge in [-0.15, -0.1) is 0 Å². The molecule has 0 amide bonds. The Morgan fingerprint density at radius 1 is 0.938 bits per heavy atom. The molecule has 0 unspecified atom stereocenters. The largest absolute Gasteiger partial charge is 0.395 e. The molecular formula is C13H13NO2. The highest BCUT2D eigenvalue weighted by molar-refractivity contribution is 5.40. The number of aromatic nitrogens is 1. The molecule has 0 spiro atoms. The number of hydrogen-bond acceptors (Lipinski definition) is 3. The first-order valence-corrected chi connectivity index (χ1v) is 5.01. The Labute approximate surface area is 95.2 Å². The Morgan fingerprint density at radius 2 is 1.44 bits per heavy atom. The summed E-state index contributed by atoms with van der Waals surface area (Å²) in [5.74, 6) is 11.4. The Kier molecular flexibility index (Phi) is 5.73. The number of aliphatic hydroxyl groups excluding tert-OH is 2. The second kappa shape index (κ2) is 7.48. The summed E-state index contributed by atoms with van der Waals surface area (Å²) in [6.45, 7) is 0.132. The van der Waals surface area contributed by atoms with E-state index in [1.165, 1.54) is 0 Å². The van der Waals surface area contributed by atoms with Gasteiger partial charge in [0.1, 0.15) is 0 Å². The van der Waals surface area contributed by atoms with Crippen molar-refractivity contribution in [2.45, 2.75) is 12.8 Å². The zero-order valence-electron chi connectivity index (χ0n) is 8.90. The lowest BCUT2D eigenvalue weighted by Gasteiger charge is -1.91. The van der Waals surface area contributed by atoms with Crippen molar-refractivity contribution in [3.05, 3.63) is 29.6 Å². The zero-order chi connectivity index (χ0) is 11.6. The summed E-state index contributed by atoms with van der Waals surface area (Å²) < 4.78 is 0. The summed E-state index contributed by atoms with van der Waals surface area (Å²) in [6, 6.07) is 1.84. The summed E-state index contributed by atoms with van der Waals surface area (Å²) in [5, 5.41) is 17.2. The highest BCUT2D eigenvalue weighted by atomic mass is 16.3. The molecule has 0 atom stereocenters. The van der Waals surface area contributed by atoms with Crippen LogP contribution in [-0.4, -0.2) is 28.4 Å². The smallest absolute Gasteiger partial charge is 0.0540 e. The first-order valence-electron chi connectivity index (χ1n) is 5.01. The number of rotatable bonds is 2. The van der Waals surface area contributed by atoms with Gasteiger partial charge < -0.3 is 10.2 Å². The molecule has 2 N–H and O–H groups in total. The molecular weight excluding hydrogens is 202 g/mol. The molecule has 0 saturated heterocycles. The van der Waals surface area contributed by atoms with Crippen LogP contribution >= 0.6 is 0 Å². The van der Waals surface area contributed by atoms with Gasteiger partial charge in [-0.2, -0.15) is 0 Å². The molecule has 82 valence electrons. The fourth-order valence-corrected chi connectivity index (χ4v) is 1.02. The van der Waals surface area contributed by atoms with Crippen LogP contribution in [0.15, 0.2) is 18.5 Å². The molecule has 0 saturated carbocycles. The van der Waals surface area contributed by atoms with Gasteiger partial charge in [0.2, 0.25) is 0 Å². The van der Waals surface area contributed by atoms with Crippen LogP contribution in [-0.2, 0) is 0 Å². The predicted octanol–water partition coefficient (Wildman–Crippen LogP) is 0.549. The minimum absolute atomic E-state index is 0.0659. The molecule has 1 heterocycles. The number of aliphatic hydroxyl groups is 2. The van der Waals surface area contributed by atoms with Gasteiger partial charge in [-0.1, -0.05) is 23.7 Å². The standard InChI is InChI=1S/C13H13NO2/c15-7-3-1-5-12-9-13(11-14-10-12)6-2-4-8-16/h9-11,15-16H,3-4,7-8H2. The molecule has 3 heteroatoms. The fraction of sp³-hybridized carbons (Fsp3) is 0.308. The molecule has 0 fully saturated rings. The molecule has 1 rings (SSSR count). The monoisotopic (exact) mass is 215 g/mol. The van der Waals surface area contributed by atoms with Crippen LogP contribution in [0.2, 0.25) is 0 Å². The van der Waals surface area contributed by atoms with Crippen LogP contribution in [0.25, 0.3) is 0 Å². The van der Waals surface area contributed by atoms with Crippen molar-refractivity contribution in [3.8, 4) is 23.7 Å². The molecule has 16 heavy (non-hydrogen) atoms. The predicted molar refractivity (Wildman–Crippen MR) is 61.4 cm³/mol. The van der Waals surface area contributed by atoms with Crippen molar-refractivity contribution >= 4 is 0 Å². The second-order valence-electron chi connectivity index (χ2n) is 3.01. The molecule has 0 radical (unpaired) electrons. The molecule has 0 bridgehead atoms. The van der Waals surface area contributed by atoms with Gasteiger partial charge in [0.25, 0.3) is 0 Å². The van der Waals surface area contributed by atoms with Gasteiger partial charge in [-0.3, -0.25) is 4.98 Å². The average molecular weight is 215 g/mol. The highest BCUT2D eigenvalue weighted by Gasteiger charge is 1.90. The maximum absolute atomic E-state index is 8.58. The van der Waals surface area contributed by atoms with E-state index in [0.717, 1.165) is 11.1 Å². The fourth-order valence-electron chi connectivity index (χ4n) is 1.02. The quantitative estimate of drug-likeness (QED) is 0.708. The molecule has 0 aliphatic rings. The summed E-state index contributed by atoms with van der Waals surface area (Å²) in [4.78, 5) is 4.01. The molecule has 0 aromatic carbocycles. The van der Waals surface area contributed by atoms with Crippen molar-refractivity contribution in [1.82, 2.24) is 4.98 Å². The van der Waals surface area contributed by atoms with Crippen LogP contribution in [0.4, 0.5) is 0 Å². The van der Waals surface area contributed by atoms with Gasteiger partial charge in [-0.05, 0) is 6.07 Å². The molecule has 3 nitrogen and oxygen atoms in total. The van der Waals surface area contributed by atoms with E-state index in [0.29, 0.717) is 12.8 Å². The third-order valence-electron chi connectivity index (χ3n) is 1.68. The lowest BCUT2D eigenvalue weighted by molar-refractivity contribution is 0.304. The van der Waals surface area contributed by atoms with Crippen molar-refractivity contribution in [2.24, 2.45) is 0 Å². The van der Waals surface area contributed by atoms with Crippen LogP contribution in [0.3, 0.4) is 0 Å². The first-order chi connectivity index (χ1) is 7.86. The SMILES string of the molecule is OCCC#Cc1cncc(C#CCCO)c1. The van der Waals surface area contributed by atoms with Gasteiger partial charge in [0.05, 0.1) is 13.2 Å². The second-order valence-corrected chi connectivity index (χ2v) is 3.01. The topological polar surface area (TPSA) is 53.4 Å². The van der Waals surface area contributed by atoms with E-state index in [1.807, 2.05) is 6.07 Å². The molecule has 1 aromatic heterocycles. The third-order valence-corrected chi connectivity index (χ3v) is 1.68. The van der Waals surface area contributed by atoms with Crippen LogP contribution in [0, 0.1) is 23.7 Å². The Balaban J connectivity index is 2.73. The molecule has 0 aliphatic carbocycles. The summed E-state index contributed by atoms with van der Waals surface area (Å²) in [6.07, 6.45) is 4.23. The Morgan fingerprint density at radius 3 is 1.88 bits per heavy atom. The van der Waals surface area contributed by atoms with E-state index in [9.17, 15) is 0 Å². The van der Waals surface area contributed by atoms with E-state index in [4.69, 9.17) is 10.2 Å². The molecule has 1 aromatic rings. The van der Waals surface area contributed by atoms with E-state index >= 15 is 0 Å². The summed E-state index contributed by atoms with van der Waals surface area (Å²) in [7, 11) is 0. The van der Waals surface area contributed by atoms with Gasteiger partial charge in [0.15, 0.2) is 0 Å². The average Bonchev–Trinajstić information content (AvgIpc) is 2.30. The lowest BCUT2D eigenvalue weighted by Crippen LogP contribution is -1.83. The first kappa shape index (κ1) is 12.3. The van der Waals surface area contributed by atoms with Gasteiger partial charge in [0, 0.05) is 36.4 Å². The van der Waals surface area contributed by atoms with E-state index < -0.39 is 0 Å². The van der Waals surface area contributed by atoms with E-state index in [1.54, 1.807) is 12.4 Å². The van der Waals surface area contributed by atoms with Gasteiger partial charge >= 0.3 is 0 Å². The normalized spacial score (nSPS) is 8.62. The van der Waals surface area contributed by atoms with Crippen LogP contribution in [0.5, 0.6) is 0 Å². The molecule has 0 aliphatic heterocycles. The van der Waals surface area contributed by atoms with Crippen molar-refractivity contribution in [2.75, 3.05) is 13.2 Å². The number of hydrogen-bond donors (Lipinski definition) is 2. The van der Waals surface area contributed by atoms with Crippen LogP contribution < -0.4 is 0 Å². The van der Waals surface area contributed by atoms with Crippen LogP contribution in [0.1, 0.15) is 24.0 Å². The zero-order valence-corrected chi connectivity index (χ0v) is 8.90. The van der Waals surface area contributed by atoms with Crippen molar-refractivity contribution in [3.63, 3.8) is 0 Å². The number of pyridine rings is 1. The van der Waals surface area contributed by atoms with Gasteiger partial charge in [-0.25, -0.2) is 0 Å². The lowest BCUT2D eigenvalue weighted by atomic mass is 10.2. The van der Waals surface area contributed by atoms with E-state index in [-0.39, 0.29) is 13.2 Å². The Bertz CT molecular complexity index is 407. The maximum Gasteiger partial charge on any atom is 0.0540 e.